The van der Waals surface area contributed by atoms with Crippen molar-refractivity contribution in [3.05, 3.63) is 11.2 Å². The van der Waals surface area contributed by atoms with Crippen molar-refractivity contribution in [2.75, 3.05) is 6.61 Å². The maximum absolute atomic E-state index is 9.82. The first-order chi connectivity index (χ1) is 6.49. The highest BCUT2D eigenvalue weighted by Crippen LogP contribution is 2.15. The Hall–Kier alpha value is -0.740. The SMILES string of the molecule is CC1NC=C(Cl)C1O.CCOC(C)=O. The zero-order valence-electron chi connectivity index (χ0n) is 8.58. The molecule has 2 unspecified atom stereocenters. The van der Waals surface area contributed by atoms with Gasteiger partial charge in [0.05, 0.1) is 17.7 Å². The van der Waals surface area contributed by atoms with Crippen LogP contribution in [0, 0.1) is 0 Å². The molecule has 0 bridgehead atoms. The van der Waals surface area contributed by atoms with Crippen LogP contribution in [-0.4, -0.2) is 29.8 Å². The Labute approximate surface area is 88.9 Å². The average molecular weight is 222 g/mol. The maximum atomic E-state index is 9.82. The Bertz CT molecular complexity index is 218. The molecule has 0 aromatic rings. The molecule has 4 nitrogen and oxygen atoms in total. The van der Waals surface area contributed by atoms with Crippen molar-refractivity contribution in [3.63, 3.8) is 0 Å². The van der Waals surface area contributed by atoms with Gasteiger partial charge in [-0.05, 0) is 13.8 Å². The standard InChI is InChI=1S/C5H8ClNO.C4H8O2/c1-3-5(8)4(6)2-7-3;1-3-6-4(2)5/h2-3,5,7-8H,1H3;3H2,1-2H3. The van der Waals surface area contributed by atoms with Crippen LogP contribution in [0.4, 0.5) is 0 Å². The summed E-state index contributed by atoms with van der Waals surface area (Å²) in [5.74, 6) is -0.211. The second kappa shape index (κ2) is 6.68. The lowest BCUT2D eigenvalue weighted by molar-refractivity contribution is -0.140. The first-order valence-corrected chi connectivity index (χ1v) is 4.79. The summed E-state index contributed by atoms with van der Waals surface area (Å²) in [6.07, 6.45) is 1.12. The number of ether oxygens (including phenoxy) is 1. The molecule has 2 atom stereocenters. The second-order valence-corrected chi connectivity index (χ2v) is 3.29. The molecule has 2 N–H and O–H groups in total. The fourth-order valence-corrected chi connectivity index (χ4v) is 1.08. The molecule has 0 fully saturated rings. The maximum Gasteiger partial charge on any atom is 0.302 e. The molecule has 0 radical (unpaired) electrons. The van der Waals surface area contributed by atoms with Gasteiger partial charge in [0, 0.05) is 13.1 Å². The van der Waals surface area contributed by atoms with E-state index in [0.29, 0.717) is 11.6 Å². The molecule has 0 aromatic carbocycles. The van der Waals surface area contributed by atoms with Gasteiger partial charge >= 0.3 is 5.97 Å². The smallest absolute Gasteiger partial charge is 0.302 e. The molecule has 5 heteroatoms. The molecule has 0 spiro atoms. The Kier molecular flexibility index (Phi) is 6.32. The van der Waals surface area contributed by atoms with Crippen molar-refractivity contribution in [2.45, 2.75) is 32.9 Å². The molecule has 0 saturated carbocycles. The number of aliphatic hydroxyl groups is 1. The summed E-state index contributed by atoms with van der Waals surface area (Å²) in [6, 6.07) is 0.0718. The number of aliphatic hydroxyl groups excluding tert-OH is 1. The van der Waals surface area contributed by atoms with E-state index in [1.807, 2.05) is 6.92 Å². The van der Waals surface area contributed by atoms with Crippen molar-refractivity contribution in [1.29, 1.82) is 0 Å². The third-order valence-electron chi connectivity index (χ3n) is 1.59. The van der Waals surface area contributed by atoms with Gasteiger partial charge in [-0.3, -0.25) is 4.79 Å². The van der Waals surface area contributed by atoms with Crippen LogP contribution in [-0.2, 0) is 9.53 Å². The average Bonchev–Trinajstić information content (AvgIpc) is 2.37. The van der Waals surface area contributed by atoms with E-state index in [4.69, 9.17) is 16.7 Å². The van der Waals surface area contributed by atoms with E-state index in [1.165, 1.54) is 6.92 Å². The summed E-state index contributed by atoms with van der Waals surface area (Å²) in [7, 11) is 0. The predicted octanol–water partition coefficient (Wildman–Crippen LogP) is 0.989. The highest BCUT2D eigenvalue weighted by atomic mass is 35.5. The van der Waals surface area contributed by atoms with E-state index in [9.17, 15) is 4.79 Å². The number of hydrogen-bond donors (Lipinski definition) is 2. The van der Waals surface area contributed by atoms with Crippen molar-refractivity contribution >= 4 is 17.6 Å². The van der Waals surface area contributed by atoms with E-state index < -0.39 is 6.10 Å². The minimum absolute atomic E-state index is 0.0718. The molecule has 1 aliphatic heterocycles. The summed E-state index contributed by atoms with van der Waals surface area (Å²) in [6.45, 7) is 5.52. The number of rotatable bonds is 1. The number of halogens is 1. The topological polar surface area (TPSA) is 58.6 Å². The lowest BCUT2D eigenvalue weighted by Gasteiger charge is -2.07. The minimum atomic E-state index is -0.503. The molecule has 1 rings (SSSR count). The highest BCUT2D eigenvalue weighted by molar-refractivity contribution is 6.30. The van der Waals surface area contributed by atoms with Gasteiger partial charge in [0.1, 0.15) is 6.10 Å². The third kappa shape index (κ3) is 5.09. The van der Waals surface area contributed by atoms with Crippen LogP contribution in [0.25, 0.3) is 0 Å². The van der Waals surface area contributed by atoms with Gasteiger partial charge in [0.25, 0.3) is 0 Å². The van der Waals surface area contributed by atoms with E-state index in [-0.39, 0.29) is 12.0 Å². The van der Waals surface area contributed by atoms with Gasteiger partial charge in [0.15, 0.2) is 0 Å². The number of carbonyl (C=O) groups excluding carboxylic acids is 1. The zero-order valence-corrected chi connectivity index (χ0v) is 9.34. The van der Waals surface area contributed by atoms with Crippen LogP contribution >= 0.6 is 11.6 Å². The molecular weight excluding hydrogens is 206 g/mol. The van der Waals surface area contributed by atoms with Crippen LogP contribution in [0.15, 0.2) is 11.2 Å². The summed E-state index contributed by atoms with van der Waals surface area (Å²) in [5, 5.41) is 12.4. The summed E-state index contributed by atoms with van der Waals surface area (Å²) in [5.41, 5.74) is 0. The van der Waals surface area contributed by atoms with Crippen LogP contribution in [0.5, 0.6) is 0 Å². The van der Waals surface area contributed by atoms with Crippen LogP contribution in [0.2, 0.25) is 0 Å². The normalized spacial score (nSPS) is 24.2. The van der Waals surface area contributed by atoms with E-state index >= 15 is 0 Å². The molecule has 0 aliphatic carbocycles. The molecule has 0 aromatic heterocycles. The molecular formula is C9H16ClNO3. The molecule has 1 heterocycles. The van der Waals surface area contributed by atoms with Crippen molar-refractivity contribution in [3.8, 4) is 0 Å². The third-order valence-corrected chi connectivity index (χ3v) is 1.92. The predicted molar refractivity (Wildman–Crippen MR) is 54.8 cm³/mol. The lowest BCUT2D eigenvalue weighted by atomic mass is 10.2. The molecule has 0 amide bonds. The summed E-state index contributed by atoms with van der Waals surface area (Å²) < 4.78 is 4.40. The zero-order chi connectivity index (χ0) is 11.1. The van der Waals surface area contributed by atoms with E-state index in [1.54, 1.807) is 13.1 Å². The van der Waals surface area contributed by atoms with Gasteiger partial charge in [-0.15, -0.1) is 0 Å². The molecule has 1 aliphatic rings. The van der Waals surface area contributed by atoms with E-state index in [0.717, 1.165) is 0 Å². The fourth-order valence-electron chi connectivity index (χ4n) is 0.830. The lowest BCUT2D eigenvalue weighted by Crippen LogP contribution is -2.27. The Morgan fingerprint density at radius 3 is 2.43 bits per heavy atom. The number of nitrogens with one attached hydrogen (secondary N) is 1. The van der Waals surface area contributed by atoms with Gasteiger partial charge in [0.2, 0.25) is 0 Å². The molecule has 14 heavy (non-hydrogen) atoms. The Morgan fingerprint density at radius 2 is 2.36 bits per heavy atom. The quantitative estimate of drug-likeness (QED) is 0.649. The fraction of sp³-hybridized carbons (Fsp3) is 0.667. The van der Waals surface area contributed by atoms with Crippen LogP contribution < -0.4 is 5.32 Å². The largest absolute Gasteiger partial charge is 0.466 e. The highest BCUT2D eigenvalue weighted by Gasteiger charge is 2.21. The Morgan fingerprint density at radius 1 is 1.79 bits per heavy atom. The summed E-state index contributed by atoms with van der Waals surface area (Å²) in [4.78, 5) is 9.82. The second-order valence-electron chi connectivity index (χ2n) is 2.85. The first-order valence-electron chi connectivity index (χ1n) is 4.42. The van der Waals surface area contributed by atoms with Crippen molar-refractivity contribution in [1.82, 2.24) is 5.32 Å². The van der Waals surface area contributed by atoms with Crippen LogP contribution in [0.1, 0.15) is 20.8 Å². The number of carbonyl (C=O) groups is 1. The number of esters is 1. The van der Waals surface area contributed by atoms with Crippen molar-refractivity contribution in [2.24, 2.45) is 0 Å². The van der Waals surface area contributed by atoms with Gasteiger partial charge < -0.3 is 15.2 Å². The van der Waals surface area contributed by atoms with Gasteiger partial charge in [-0.25, -0.2) is 0 Å². The number of hydrogen-bond acceptors (Lipinski definition) is 4. The van der Waals surface area contributed by atoms with Crippen molar-refractivity contribution < 1.29 is 14.6 Å². The van der Waals surface area contributed by atoms with Gasteiger partial charge in [-0.1, -0.05) is 11.6 Å². The first kappa shape index (κ1) is 13.3. The monoisotopic (exact) mass is 221 g/mol. The Balaban J connectivity index is 0.000000255. The van der Waals surface area contributed by atoms with Gasteiger partial charge in [-0.2, -0.15) is 0 Å². The molecule has 82 valence electrons. The molecule has 0 saturated heterocycles. The van der Waals surface area contributed by atoms with Crippen LogP contribution in [0.3, 0.4) is 0 Å². The minimum Gasteiger partial charge on any atom is -0.466 e. The van der Waals surface area contributed by atoms with E-state index in [2.05, 4.69) is 10.1 Å². The summed E-state index contributed by atoms with van der Waals surface area (Å²) >= 11 is 5.51.